The van der Waals surface area contributed by atoms with Crippen LogP contribution in [0.1, 0.15) is 17.0 Å². The first-order valence-electron chi connectivity index (χ1n) is 7.84. The van der Waals surface area contributed by atoms with Crippen molar-refractivity contribution in [2.45, 2.75) is 26.2 Å². The molecule has 3 rings (SSSR count). The Labute approximate surface area is 139 Å². The van der Waals surface area contributed by atoms with Crippen molar-refractivity contribution in [2.75, 3.05) is 6.67 Å². The molecular formula is C18H20FN3O2. The molecule has 0 aliphatic rings. The van der Waals surface area contributed by atoms with Gasteiger partial charge in [0, 0.05) is 19.3 Å². The summed E-state index contributed by atoms with van der Waals surface area (Å²) in [7, 11) is 0. The summed E-state index contributed by atoms with van der Waals surface area (Å²) in [4.78, 5) is 2.19. The lowest BCUT2D eigenvalue weighted by molar-refractivity contribution is 0.223. The molecule has 3 aromatic rings. The third-order valence-corrected chi connectivity index (χ3v) is 3.70. The molecule has 6 heteroatoms. The fourth-order valence-corrected chi connectivity index (χ4v) is 2.58. The normalized spacial score (nSPS) is 11.2. The number of alkyl halides is 1. The van der Waals surface area contributed by atoms with Crippen molar-refractivity contribution in [3.8, 4) is 5.75 Å². The lowest BCUT2D eigenvalue weighted by atomic mass is 10.2. The van der Waals surface area contributed by atoms with Crippen LogP contribution in [0, 0.1) is 0 Å². The predicted molar refractivity (Wildman–Crippen MR) is 88.0 cm³/mol. The van der Waals surface area contributed by atoms with Crippen molar-refractivity contribution < 1.29 is 13.9 Å². The molecular weight excluding hydrogens is 309 g/mol. The number of furan rings is 1. The van der Waals surface area contributed by atoms with Gasteiger partial charge < -0.3 is 9.52 Å². The van der Waals surface area contributed by atoms with Gasteiger partial charge in [-0.15, -0.1) is 0 Å². The summed E-state index contributed by atoms with van der Waals surface area (Å²) in [5, 5.41) is 13.8. The smallest absolute Gasteiger partial charge is 0.117 e. The van der Waals surface area contributed by atoms with E-state index in [9.17, 15) is 9.50 Å². The molecule has 0 fully saturated rings. The summed E-state index contributed by atoms with van der Waals surface area (Å²) in [5.74, 6) is 1.12. The maximum atomic E-state index is 12.4. The molecule has 24 heavy (non-hydrogen) atoms. The Hall–Kier alpha value is -2.60. The second-order valence-corrected chi connectivity index (χ2v) is 5.65. The van der Waals surface area contributed by atoms with Gasteiger partial charge in [-0.1, -0.05) is 12.1 Å². The minimum atomic E-state index is -0.426. The molecule has 1 aromatic carbocycles. The Morgan fingerprint density at radius 3 is 2.62 bits per heavy atom. The SMILES string of the molecule is Oc1ccc(CN(Cc2ccn(CCF)n2)Cc2ccco2)cc1. The van der Waals surface area contributed by atoms with Crippen LogP contribution in [-0.4, -0.2) is 26.5 Å². The van der Waals surface area contributed by atoms with Gasteiger partial charge in [0.25, 0.3) is 0 Å². The number of aromatic nitrogens is 2. The number of nitrogens with zero attached hydrogens (tertiary/aromatic N) is 3. The predicted octanol–water partition coefficient (Wildman–Crippen LogP) is 3.35. The lowest BCUT2D eigenvalue weighted by Gasteiger charge is -2.20. The van der Waals surface area contributed by atoms with E-state index in [1.54, 1.807) is 29.3 Å². The zero-order chi connectivity index (χ0) is 16.8. The highest BCUT2D eigenvalue weighted by atomic mass is 19.1. The minimum absolute atomic E-state index is 0.251. The largest absolute Gasteiger partial charge is 0.508 e. The van der Waals surface area contributed by atoms with Gasteiger partial charge in [-0.25, -0.2) is 4.39 Å². The van der Waals surface area contributed by atoms with E-state index in [1.165, 1.54) is 0 Å². The molecule has 5 nitrogen and oxygen atoms in total. The second-order valence-electron chi connectivity index (χ2n) is 5.65. The summed E-state index contributed by atoms with van der Waals surface area (Å²) in [6.45, 7) is 1.81. The molecule has 0 spiro atoms. The molecule has 0 saturated heterocycles. The number of rotatable bonds is 8. The van der Waals surface area contributed by atoms with Crippen molar-refractivity contribution >= 4 is 0 Å². The molecule has 2 aromatic heterocycles. The molecule has 0 unspecified atom stereocenters. The Morgan fingerprint density at radius 2 is 1.92 bits per heavy atom. The molecule has 2 heterocycles. The Kier molecular flexibility index (Phi) is 5.28. The van der Waals surface area contributed by atoms with Crippen LogP contribution in [0.25, 0.3) is 0 Å². The van der Waals surface area contributed by atoms with Crippen molar-refractivity contribution in [3.05, 3.63) is 71.9 Å². The first kappa shape index (κ1) is 16.3. The topological polar surface area (TPSA) is 54.4 Å². The Morgan fingerprint density at radius 1 is 1.08 bits per heavy atom. The van der Waals surface area contributed by atoms with Crippen LogP contribution in [0.2, 0.25) is 0 Å². The third kappa shape index (κ3) is 4.45. The van der Waals surface area contributed by atoms with Crippen LogP contribution in [-0.2, 0) is 26.2 Å². The second kappa shape index (κ2) is 7.79. The van der Waals surface area contributed by atoms with E-state index >= 15 is 0 Å². The van der Waals surface area contributed by atoms with Crippen molar-refractivity contribution in [1.29, 1.82) is 0 Å². The summed E-state index contributed by atoms with van der Waals surface area (Å²) in [5.41, 5.74) is 1.97. The highest BCUT2D eigenvalue weighted by Crippen LogP contribution is 2.16. The van der Waals surface area contributed by atoms with Crippen LogP contribution >= 0.6 is 0 Å². The molecule has 0 bridgehead atoms. The summed E-state index contributed by atoms with van der Waals surface area (Å²) in [6, 6.07) is 12.8. The molecule has 0 radical (unpaired) electrons. The number of aryl methyl sites for hydroxylation is 1. The van der Waals surface area contributed by atoms with E-state index in [1.807, 2.05) is 30.3 Å². The maximum Gasteiger partial charge on any atom is 0.117 e. The van der Waals surface area contributed by atoms with Crippen molar-refractivity contribution in [1.82, 2.24) is 14.7 Å². The van der Waals surface area contributed by atoms with E-state index in [0.29, 0.717) is 19.6 Å². The summed E-state index contributed by atoms with van der Waals surface area (Å²) >= 11 is 0. The molecule has 0 aliphatic heterocycles. The number of phenolic OH excluding ortho intramolecular Hbond substituents is 1. The summed E-state index contributed by atoms with van der Waals surface area (Å²) < 4.78 is 19.5. The van der Waals surface area contributed by atoms with Crippen LogP contribution in [0.5, 0.6) is 5.75 Å². The summed E-state index contributed by atoms with van der Waals surface area (Å²) in [6.07, 6.45) is 3.45. The van der Waals surface area contributed by atoms with E-state index < -0.39 is 6.67 Å². The minimum Gasteiger partial charge on any atom is -0.508 e. The van der Waals surface area contributed by atoms with Gasteiger partial charge in [0.1, 0.15) is 18.2 Å². The van der Waals surface area contributed by atoms with E-state index in [4.69, 9.17) is 4.42 Å². The van der Waals surface area contributed by atoms with Crippen molar-refractivity contribution in [2.24, 2.45) is 0 Å². The first-order chi connectivity index (χ1) is 11.7. The van der Waals surface area contributed by atoms with Gasteiger partial charge in [0.05, 0.1) is 25.0 Å². The zero-order valence-electron chi connectivity index (χ0n) is 13.3. The molecule has 1 N–H and O–H groups in total. The van der Waals surface area contributed by atoms with Crippen LogP contribution in [0.3, 0.4) is 0 Å². The molecule has 0 aliphatic carbocycles. The van der Waals surface area contributed by atoms with E-state index in [0.717, 1.165) is 17.0 Å². The van der Waals surface area contributed by atoms with Gasteiger partial charge in [0.2, 0.25) is 0 Å². The number of halogens is 1. The molecule has 126 valence electrons. The number of aromatic hydroxyl groups is 1. The average molecular weight is 329 g/mol. The van der Waals surface area contributed by atoms with E-state index in [-0.39, 0.29) is 12.3 Å². The highest BCUT2D eigenvalue weighted by molar-refractivity contribution is 5.25. The van der Waals surface area contributed by atoms with Gasteiger partial charge in [-0.2, -0.15) is 5.10 Å². The van der Waals surface area contributed by atoms with Crippen LogP contribution in [0.15, 0.2) is 59.3 Å². The van der Waals surface area contributed by atoms with Crippen LogP contribution in [0.4, 0.5) is 4.39 Å². The lowest BCUT2D eigenvalue weighted by Crippen LogP contribution is -2.22. The van der Waals surface area contributed by atoms with E-state index in [2.05, 4.69) is 10.00 Å². The fourth-order valence-electron chi connectivity index (χ4n) is 2.58. The Balaban J connectivity index is 1.71. The average Bonchev–Trinajstić information content (AvgIpc) is 3.22. The van der Waals surface area contributed by atoms with Gasteiger partial charge >= 0.3 is 0 Å². The standard InChI is InChI=1S/C18H20FN3O2/c19-8-10-22-9-7-16(20-22)13-21(14-18-2-1-11-24-18)12-15-3-5-17(23)6-4-15/h1-7,9,11,23H,8,10,12-14H2. The third-order valence-electron chi connectivity index (χ3n) is 3.70. The maximum absolute atomic E-state index is 12.4. The molecule has 0 amide bonds. The highest BCUT2D eigenvalue weighted by Gasteiger charge is 2.12. The van der Waals surface area contributed by atoms with Crippen LogP contribution < -0.4 is 0 Å². The zero-order valence-corrected chi connectivity index (χ0v) is 13.3. The number of hydrogen-bond donors (Lipinski definition) is 1. The molecule has 0 atom stereocenters. The fraction of sp³-hybridized carbons (Fsp3) is 0.278. The first-order valence-corrected chi connectivity index (χ1v) is 7.84. The van der Waals surface area contributed by atoms with Gasteiger partial charge in [-0.05, 0) is 35.9 Å². The monoisotopic (exact) mass is 329 g/mol. The van der Waals surface area contributed by atoms with Gasteiger partial charge in [-0.3, -0.25) is 9.58 Å². The van der Waals surface area contributed by atoms with Crippen molar-refractivity contribution in [3.63, 3.8) is 0 Å². The Bertz CT molecular complexity index is 738. The quantitative estimate of drug-likeness (QED) is 0.688. The number of hydrogen-bond acceptors (Lipinski definition) is 4. The number of phenols is 1. The number of benzene rings is 1. The molecule has 0 saturated carbocycles. The van der Waals surface area contributed by atoms with Gasteiger partial charge in [0.15, 0.2) is 0 Å².